The highest BCUT2D eigenvalue weighted by Crippen LogP contribution is 2.25. The molecule has 0 saturated carbocycles. The lowest BCUT2D eigenvalue weighted by atomic mass is 10.1. The van der Waals surface area contributed by atoms with Crippen molar-refractivity contribution in [1.82, 2.24) is 0 Å². The first-order chi connectivity index (χ1) is 6.16. The fourth-order valence-electron chi connectivity index (χ4n) is 0.974. The van der Waals surface area contributed by atoms with Crippen LogP contribution in [0.2, 0.25) is 0 Å². The molecule has 0 aliphatic carbocycles. The SMILES string of the molecule is N#CCC(O)c1cccc(Br)c1F. The van der Waals surface area contributed by atoms with Crippen molar-refractivity contribution in [3.63, 3.8) is 0 Å². The second-order valence-electron chi connectivity index (χ2n) is 2.52. The van der Waals surface area contributed by atoms with Gasteiger partial charge in [0.2, 0.25) is 0 Å². The Morgan fingerprint density at radius 1 is 1.62 bits per heavy atom. The molecule has 0 spiro atoms. The van der Waals surface area contributed by atoms with Crippen LogP contribution in [0.5, 0.6) is 0 Å². The molecule has 1 rings (SSSR count). The van der Waals surface area contributed by atoms with Crippen LogP contribution in [-0.4, -0.2) is 5.11 Å². The van der Waals surface area contributed by atoms with E-state index in [0.29, 0.717) is 4.47 Å². The van der Waals surface area contributed by atoms with Gasteiger partial charge in [-0.25, -0.2) is 4.39 Å². The number of nitriles is 1. The molecule has 0 bridgehead atoms. The van der Waals surface area contributed by atoms with Crippen LogP contribution in [0.3, 0.4) is 0 Å². The van der Waals surface area contributed by atoms with Crippen molar-refractivity contribution in [3.05, 3.63) is 34.1 Å². The van der Waals surface area contributed by atoms with Crippen LogP contribution >= 0.6 is 15.9 Å². The maximum absolute atomic E-state index is 13.3. The molecule has 68 valence electrons. The van der Waals surface area contributed by atoms with Gasteiger partial charge in [0.05, 0.1) is 23.1 Å². The Morgan fingerprint density at radius 3 is 2.92 bits per heavy atom. The van der Waals surface area contributed by atoms with E-state index in [1.807, 2.05) is 0 Å². The molecule has 1 aromatic carbocycles. The van der Waals surface area contributed by atoms with Crippen molar-refractivity contribution in [2.75, 3.05) is 0 Å². The highest BCUT2D eigenvalue weighted by atomic mass is 79.9. The molecule has 1 unspecified atom stereocenters. The summed E-state index contributed by atoms with van der Waals surface area (Å²) in [6.45, 7) is 0. The summed E-state index contributed by atoms with van der Waals surface area (Å²) in [5.41, 5.74) is 0.149. The minimum Gasteiger partial charge on any atom is -0.387 e. The van der Waals surface area contributed by atoms with Gasteiger partial charge in [-0.3, -0.25) is 0 Å². The van der Waals surface area contributed by atoms with Gasteiger partial charge in [-0.2, -0.15) is 5.26 Å². The van der Waals surface area contributed by atoms with Crippen molar-refractivity contribution in [2.24, 2.45) is 0 Å². The first-order valence-corrected chi connectivity index (χ1v) is 4.45. The molecule has 0 saturated heterocycles. The van der Waals surface area contributed by atoms with Crippen LogP contribution in [0.4, 0.5) is 4.39 Å². The standard InChI is InChI=1S/C9H7BrFNO/c10-7-3-1-2-6(9(7)11)8(13)4-5-12/h1-3,8,13H,4H2. The van der Waals surface area contributed by atoms with Gasteiger partial charge in [0.15, 0.2) is 0 Å². The molecule has 1 atom stereocenters. The first-order valence-electron chi connectivity index (χ1n) is 3.65. The van der Waals surface area contributed by atoms with Gasteiger partial charge in [-0.05, 0) is 22.0 Å². The second-order valence-corrected chi connectivity index (χ2v) is 3.38. The van der Waals surface area contributed by atoms with Crippen molar-refractivity contribution in [2.45, 2.75) is 12.5 Å². The van der Waals surface area contributed by atoms with Gasteiger partial charge in [0, 0.05) is 5.56 Å². The number of rotatable bonds is 2. The van der Waals surface area contributed by atoms with Gasteiger partial charge in [-0.15, -0.1) is 0 Å². The molecule has 0 fully saturated rings. The van der Waals surface area contributed by atoms with Gasteiger partial charge in [0.25, 0.3) is 0 Å². The number of halogens is 2. The monoisotopic (exact) mass is 243 g/mol. The Bertz CT molecular complexity index is 348. The normalized spacial score (nSPS) is 12.2. The molecule has 0 aliphatic rings. The maximum atomic E-state index is 13.3. The third kappa shape index (κ3) is 2.27. The van der Waals surface area contributed by atoms with E-state index >= 15 is 0 Å². The fourth-order valence-corrected chi connectivity index (χ4v) is 1.36. The Balaban J connectivity index is 3.02. The second kappa shape index (κ2) is 4.35. The van der Waals surface area contributed by atoms with Gasteiger partial charge < -0.3 is 5.11 Å². The number of nitrogens with zero attached hydrogens (tertiary/aromatic N) is 1. The van der Waals surface area contributed by atoms with Crippen LogP contribution < -0.4 is 0 Å². The summed E-state index contributed by atoms with van der Waals surface area (Å²) < 4.78 is 13.6. The third-order valence-corrected chi connectivity index (χ3v) is 2.24. The Kier molecular flexibility index (Phi) is 3.40. The van der Waals surface area contributed by atoms with Crippen LogP contribution in [0, 0.1) is 17.1 Å². The zero-order valence-corrected chi connectivity index (χ0v) is 8.25. The van der Waals surface area contributed by atoms with Crippen molar-refractivity contribution in [3.8, 4) is 6.07 Å². The lowest BCUT2D eigenvalue weighted by Gasteiger charge is -2.08. The van der Waals surface area contributed by atoms with E-state index in [-0.39, 0.29) is 12.0 Å². The van der Waals surface area contributed by atoms with E-state index < -0.39 is 11.9 Å². The highest BCUT2D eigenvalue weighted by Gasteiger charge is 2.13. The van der Waals surface area contributed by atoms with Crippen LogP contribution in [0.15, 0.2) is 22.7 Å². The first kappa shape index (κ1) is 10.2. The largest absolute Gasteiger partial charge is 0.387 e. The molecular weight excluding hydrogens is 237 g/mol. The molecule has 0 aromatic heterocycles. The quantitative estimate of drug-likeness (QED) is 0.868. The van der Waals surface area contributed by atoms with Crippen LogP contribution in [0.25, 0.3) is 0 Å². The van der Waals surface area contributed by atoms with E-state index in [9.17, 15) is 9.50 Å². The summed E-state index contributed by atoms with van der Waals surface area (Å²) in [6.07, 6.45) is -1.16. The predicted octanol–water partition coefficient (Wildman–Crippen LogP) is 2.54. The summed E-state index contributed by atoms with van der Waals surface area (Å²) in [6, 6.07) is 6.39. The van der Waals surface area contributed by atoms with Gasteiger partial charge in [-0.1, -0.05) is 12.1 Å². The molecule has 1 N–H and O–H groups in total. The number of hydrogen-bond donors (Lipinski definition) is 1. The van der Waals surface area contributed by atoms with E-state index in [1.165, 1.54) is 12.1 Å². The summed E-state index contributed by atoms with van der Waals surface area (Å²) in [7, 11) is 0. The number of benzene rings is 1. The molecular formula is C9H7BrFNO. The minimum atomic E-state index is -1.05. The summed E-state index contributed by atoms with van der Waals surface area (Å²) in [5, 5.41) is 17.7. The highest BCUT2D eigenvalue weighted by molar-refractivity contribution is 9.10. The number of hydrogen-bond acceptors (Lipinski definition) is 2. The molecule has 0 radical (unpaired) electrons. The predicted molar refractivity (Wildman–Crippen MR) is 49.3 cm³/mol. The summed E-state index contributed by atoms with van der Waals surface area (Å²) in [4.78, 5) is 0. The molecule has 1 aromatic rings. The van der Waals surface area contributed by atoms with Gasteiger partial charge >= 0.3 is 0 Å². The average molecular weight is 244 g/mol. The molecule has 0 heterocycles. The molecule has 0 aliphatic heterocycles. The van der Waals surface area contributed by atoms with E-state index in [2.05, 4.69) is 15.9 Å². The summed E-state index contributed by atoms with van der Waals surface area (Å²) >= 11 is 3.00. The third-order valence-electron chi connectivity index (χ3n) is 1.63. The zero-order chi connectivity index (χ0) is 9.84. The Labute approximate surface area is 83.7 Å². The van der Waals surface area contributed by atoms with Crippen LogP contribution in [0.1, 0.15) is 18.1 Å². The smallest absolute Gasteiger partial charge is 0.143 e. The number of aliphatic hydroxyl groups is 1. The van der Waals surface area contributed by atoms with Crippen LogP contribution in [-0.2, 0) is 0 Å². The van der Waals surface area contributed by atoms with E-state index in [4.69, 9.17) is 5.26 Å². The average Bonchev–Trinajstić information content (AvgIpc) is 2.10. The summed E-state index contributed by atoms with van der Waals surface area (Å²) in [5.74, 6) is -0.509. The lowest BCUT2D eigenvalue weighted by Crippen LogP contribution is -1.99. The fraction of sp³-hybridized carbons (Fsp3) is 0.222. The van der Waals surface area contributed by atoms with Crippen molar-refractivity contribution < 1.29 is 9.50 Å². The molecule has 13 heavy (non-hydrogen) atoms. The zero-order valence-electron chi connectivity index (χ0n) is 6.67. The lowest BCUT2D eigenvalue weighted by molar-refractivity contribution is 0.178. The van der Waals surface area contributed by atoms with E-state index in [1.54, 1.807) is 12.1 Å². The maximum Gasteiger partial charge on any atom is 0.143 e. The van der Waals surface area contributed by atoms with E-state index in [0.717, 1.165) is 0 Å². The Hall–Kier alpha value is -0.920. The molecule has 2 nitrogen and oxygen atoms in total. The molecule has 0 amide bonds. The van der Waals surface area contributed by atoms with Crippen molar-refractivity contribution in [1.29, 1.82) is 5.26 Å². The molecule has 4 heteroatoms. The number of aliphatic hydroxyl groups excluding tert-OH is 1. The minimum absolute atomic E-state index is 0.104. The van der Waals surface area contributed by atoms with Crippen molar-refractivity contribution >= 4 is 15.9 Å². The topological polar surface area (TPSA) is 44.0 Å². The van der Waals surface area contributed by atoms with Gasteiger partial charge in [0.1, 0.15) is 5.82 Å². The Morgan fingerprint density at radius 2 is 2.31 bits per heavy atom.